The van der Waals surface area contributed by atoms with E-state index in [2.05, 4.69) is 10.5 Å². The summed E-state index contributed by atoms with van der Waals surface area (Å²) in [5.41, 5.74) is 2.14. The third kappa shape index (κ3) is 2.83. The molecule has 0 spiro atoms. The summed E-state index contributed by atoms with van der Waals surface area (Å²) in [6.07, 6.45) is 1.58. The molecule has 1 aromatic heterocycles. The van der Waals surface area contributed by atoms with Crippen LogP contribution in [-0.4, -0.2) is 18.2 Å². The van der Waals surface area contributed by atoms with Crippen LogP contribution in [0.3, 0.4) is 0 Å². The summed E-state index contributed by atoms with van der Waals surface area (Å²) in [4.78, 5) is 12.3. The van der Waals surface area contributed by atoms with Gasteiger partial charge in [-0.25, -0.2) is 0 Å². The minimum Gasteiger partial charge on any atom is -0.497 e. The molecule has 110 valence electrons. The highest BCUT2D eigenvalue weighted by Crippen LogP contribution is 2.28. The molecule has 5 nitrogen and oxygen atoms in total. The van der Waals surface area contributed by atoms with Crippen LogP contribution in [-0.2, 0) is 0 Å². The molecule has 0 unspecified atom stereocenters. The van der Waals surface area contributed by atoms with Gasteiger partial charge in [-0.2, -0.15) is 0 Å². The van der Waals surface area contributed by atoms with Crippen molar-refractivity contribution in [1.29, 1.82) is 0 Å². The number of nitrogens with one attached hydrogen (secondary N) is 1. The minimum absolute atomic E-state index is 0.284. The number of anilines is 1. The van der Waals surface area contributed by atoms with Crippen molar-refractivity contribution in [3.8, 4) is 16.9 Å². The first kappa shape index (κ1) is 13.9. The molecule has 0 aliphatic carbocycles. The fourth-order valence-electron chi connectivity index (χ4n) is 2.09. The lowest BCUT2D eigenvalue weighted by atomic mass is 10.1. The van der Waals surface area contributed by atoms with Crippen molar-refractivity contribution in [2.24, 2.45) is 0 Å². The molecule has 0 aliphatic heterocycles. The Morgan fingerprint density at radius 1 is 1.14 bits per heavy atom. The third-order valence-electron chi connectivity index (χ3n) is 3.21. The van der Waals surface area contributed by atoms with Crippen molar-refractivity contribution < 1.29 is 14.1 Å². The van der Waals surface area contributed by atoms with Gasteiger partial charge >= 0.3 is 0 Å². The van der Waals surface area contributed by atoms with E-state index in [4.69, 9.17) is 9.26 Å². The maximum Gasteiger partial charge on any atom is 0.258 e. The second kappa shape index (κ2) is 6.13. The van der Waals surface area contributed by atoms with Crippen molar-refractivity contribution in [1.82, 2.24) is 5.16 Å². The number of amides is 1. The fourth-order valence-corrected chi connectivity index (χ4v) is 2.09. The SMILES string of the molecule is COc1cccc(C(=O)Nc2oncc2-c2ccccc2)c1. The van der Waals surface area contributed by atoms with Crippen molar-refractivity contribution >= 4 is 11.8 Å². The first-order valence-electron chi connectivity index (χ1n) is 6.73. The van der Waals surface area contributed by atoms with Crippen molar-refractivity contribution in [3.63, 3.8) is 0 Å². The molecule has 0 fully saturated rings. The monoisotopic (exact) mass is 294 g/mol. The van der Waals surface area contributed by atoms with Crippen LogP contribution >= 0.6 is 0 Å². The van der Waals surface area contributed by atoms with E-state index in [0.717, 1.165) is 11.1 Å². The van der Waals surface area contributed by atoms with Crippen LogP contribution in [0.1, 0.15) is 10.4 Å². The van der Waals surface area contributed by atoms with Gasteiger partial charge in [0.05, 0.1) is 18.9 Å². The predicted octanol–water partition coefficient (Wildman–Crippen LogP) is 3.60. The van der Waals surface area contributed by atoms with Gasteiger partial charge in [0.25, 0.3) is 5.91 Å². The van der Waals surface area contributed by atoms with Crippen LogP contribution in [0.2, 0.25) is 0 Å². The van der Waals surface area contributed by atoms with E-state index < -0.39 is 0 Å². The molecular formula is C17H14N2O3. The number of nitrogens with zero attached hydrogens (tertiary/aromatic N) is 1. The average Bonchev–Trinajstić information content (AvgIpc) is 3.04. The molecule has 2 aromatic carbocycles. The number of carbonyl (C=O) groups is 1. The standard InChI is InChI=1S/C17H14N2O3/c1-21-14-9-5-8-13(10-14)16(20)19-17-15(11-18-22-17)12-6-3-2-4-7-12/h2-11H,1H3,(H,19,20). The maximum absolute atomic E-state index is 12.3. The number of methoxy groups -OCH3 is 1. The first-order chi connectivity index (χ1) is 10.8. The quantitative estimate of drug-likeness (QED) is 0.798. The van der Waals surface area contributed by atoms with E-state index in [-0.39, 0.29) is 5.91 Å². The Morgan fingerprint density at radius 3 is 2.73 bits per heavy atom. The van der Waals surface area contributed by atoms with Gasteiger partial charge in [0.2, 0.25) is 5.88 Å². The van der Waals surface area contributed by atoms with Gasteiger partial charge < -0.3 is 9.26 Å². The number of benzene rings is 2. The zero-order valence-corrected chi connectivity index (χ0v) is 11.9. The second-order valence-electron chi connectivity index (χ2n) is 4.62. The van der Waals surface area contributed by atoms with Crippen molar-refractivity contribution in [2.45, 2.75) is 0 Å². The normalized spacial score (nSPS) is 10.2. The summed E-state index contributed by atoms with van der Waals surface area (Å²) in [5, 5.41) is 6.50. The highest BCUT2D eigenvalue weighted by Gasteiger charge is 2.14. The molecule has 1 heterocycles. The zero-order valence-electron chi connectivity index (χ0n) is 11.9. The molecule has 3 aromatic rings. The lowest BCUT2D eigenvalue weighted by Gasteiger charge is -2.06. The molecular weight excluding hydrogens is 280 g/mol. The molecule has 3 rings (SSSR count). The predicted molar refractivity (Wildman–Crippen MR) is 82.9 cm³/mol. The molecule has 1 N–H and O–H groups in total. The molecule has 0 aliphatic rings. The van der Waals surface area contributed by atoms with Gasteiger partial charge in [0.15, 0.2) is 0 Å². The molecule has 22 heavy (non-hydrogen) atoms. The maximum atomic E-state index is 12.3. The highest BCUT2D eigenvalue weighted by atomic mass is 16.5. The molecule has 0 saturated heterocycles. The summed E-state index contributed by atoms with van der Waals surface area (Å²) >= 11 is 0. The van der Waals surface area contributed by atoms with E-state index in [1.807, 2.05) is 30.3 Å². The van der Waals surface area contributed by atoms with Gasteiger partial charge in [0, 0.05) is 5.56 Å². The Hall–Kier alpha value is -3.08. The first-order valence-corrected chi connectivity index (χ1v) is 6.73. The highest BCUT2D eigenvalue weighted by molar-refractivity contribution is 6.05. The summed E-state index contributed by atoms with van der Waals surface area (Å²) in [7, 11) is 1.56. The second-order valence-corrected chi connectivity index (χ2v) is 4.62. The number of rotatable bonds is 4. The van der Waals surface area contributed by atoms with Crippen LogP contribution < -0.4 is 10.1 Å². The fraction of sp³-hybridized carbons (Fsp3) is 0.0588. The number of aromatic nitrogens is 1. The molecule has 0 radical (unpaired) electrons. The Morgan fingerprint density at radius 2 is 1.95 bits per heavy atom. The van der Waals surface area contributed by atoms with Gasteiger partial charge in [0.1, 0.15) is 5.75 Å². The van der Waals surface area contributed by atoms with Crippen LogP contribution in [0.15, 0.2) is 65.3 Å². The van der Waals surface area contributed by atoms with Gasteiger partial charge in [-0.3, -0.25) is 10.1 Å². The van der Waals surface area contributed by atoms with E-state index in [9.17, 15) is 4.79 Å². The Balaban J connectivity index is 1.85. The van der Waals surface area contributed by atoms with Crippen molar-refractivity contribution in [3.05, 3.63) is 66.4 Å². The number of hydrogen-bond donors (Lipinski definition) is 1. The summed E-state index contributed by atoms with van der Waals surface area (Å²) in [5.74, 6) is 0.653. The zero-order chi connectivity index (χ0) is 15.4. The third-order valence-corrected chi connectivity index (χ3v) is 3.21. The lowest BCUT2D eigenvalue weighted by molar-refractivity contribution is 0.102. The van der Waals surface area contributed by atoms with E-state index in [0.29, 0.717) is 17.2 Å². The van der Waals surface area contributed by atoms with Crippen molar-refractivity contribution in [2.75, 3.05) is 12.4 Å². The smallest absolute Gasteiger partial charge is 0.258 e. The summed E-state index contributed by atoms with van der Waals surface area (Å²) in [6, 6.07) is 16.5. The topological polar surface area (TPSA) is 64.4 Å². The minimum atomic E-state index is -0.284. The number of ether oxygens (including phenoxy) is 1. The summed E-state index contributed by atoms with van der Waals surface area (Å²) < 4.78 is 10.3. The molecule has 1 amide bonds. The summed E-state index contributed by atoms with van der Waals surface area (Å²) in [6.45, 7) is 0. The van der Waals surface area contributed by atoms with Crippen LogP contribution in [0.5, 0.6) is 5.75 Å². The van der Waals surface area contributed by atoms with Gasteiger partial charge in [-0.1, -0.05) is 41.6 Å². The van der Waals surface area contributed by atoms with Crippen LogP contribution in [0, 0.1) is 0 Å². The average molecular weight is 294 g/mol. The van der Waals surface area contributed by atoms with E-state index in [1.165, 1.54) is 0 Å². The van der Waals surface area contributed by atoms with E-state index in [1.54, 1.807) is 37.6 Å². The largest absolute Gasteiger partial charge is 0.497 e. The lowest BCUT2D eigenvalue weighted by Crippen LogP contribution is -2.12. The van der Waals surface area contributed by atoms with Gasteiger partial charge in [-0.05, 0) is 23.8 Å². The molecule has 0 atom stereocenters. The number of hydrogen-bond acceptors (Lipinski definition) is 4. The van der Waals surface area contributed by atoms with E-state index >= 15 is 0 Å². The molecule has 0 bridgehead atoms. The van der Waals surface area contributed by atoms with Crippen LogP contribution in [0.25, 0.3) is 11.1 Å². The number of carbonyl (C=O) groups excluding carboxylic acids is 1. The molecule has 0 saturated carbocycles. The van der Waals surface area contributed by atoms with Crippen LogP contribution in [0.4, 0.5) is 5.88 Å². The Kier molecular flexibility index (Phi) is 3.87. The Labute approximate surface area is 127 Å². The van der Waals surface area contributed by atoms with Gasteiger partial charge in [-0.15, -0.1) is 0 Å². The molecule has 5 heteroatoms. The Bertz CT molecular complexity index is 781.